The summed E-state index contributed by atoms with van der Waals surface area (Å²) in [7, 11) is 1.33. The molecule has 2 heterocycles. The summed E-state index contributed by atoms with van der Waals surface area (Å²) in [5, 5.41) is 48.6. The normalized spacial score (nSPS) is 51.9. The van der Waals surface area contributed by atoms with E-state index in [-0.39, 0.29) is 6.61 Å². The van der Waals surface area contributed by atoms with Gasteiger partial charge in [0.15, 0.2) is 12.6 Å². The minimum absolute atomic E-state index is 0.108. The maximum absolute atomic E-state index is 10.1. The molecular formula is C12H22O9. The smallest absolute Gasteiger partial charge is 0.186 e. The van der Waals surface area contributed by atoms with E-state index < -0.39 is 55.3 Å². The molecule has 2 fully saturated rings. The van der Waals surface area contributed by atoms with E-state index in [0.717, 1.165) is 0 Å². The van der Waals surface area contributed by atoms with E-state index >= 15 is 0 Å². The summed E-state index contributed by atoms with van der Waals surface area (Å²) in [5.41, 5.74) is 0. The fourth-order valence-electron chi connectivity index (χ4n) is 2.55. The van der Waals surface area contributed by atoms with Gasteiger partial charge in [0, 0.05) is 7.11 Å². The molecule has 2 aliphatic rings. The molecule has 0 amide bonds. The lowest BCUT2D eigenvalue weighted by Crippen LogP contribution is -2.61. The monoisotopic (exact) mass is 310 g/mol. The van der Waals surface area contributed by atoms with E-state index in [0.29, 0.717) is 0 Å². The molecule has 0 bridgehead atoms. The number of rotatable bonds is 3. The lowest BCUT2D eigenvalue weighted by molar-refractivity contribution is -0.339. The highest BCUT2D eigenvalue weighted by Gasteiger charge is 2.47. The van der Waals surface area contributed by atoms with E-state index in [2.05, 4.69) is 0 Å². The molecule has 2 rings (SSSR count). The molecule has 5 N–H and O–H groups in total. The third kappa shape index (κ3) is 3.36. The first-order chi connectivity index (χ1) is 9.86. The molecule has 0 aromatic rings. The summed E-state index contributed by atoms with van der Waals surface area (Å²) in [5.74, 6) is 0. The van der Waals surface area contributed by atoms with Gasteiger partial charge in [0.1, 0.15) is 36.6 Å². The van der Waals surface area contributed by atoms with Gasteiger partial charge in [-0.15, -0.1) is 0 Å². The third-order valence-electron chi connectivity index (χ3n) is 3.78. The second kappa shape index (κ2) is 6.82. The quantitative estimate of drug-likeness (QED) is 0.367. The first kappa shape index (κ1) is 17.0. The van der Waals surface area contributed by atoms with Gasteiger partial charge in [0.05, 0.1) is 12.7 Å². The van der Waals surface area contributed by atoms with Crippen LogP contribution in [-0.4, -0.2) is 94.6 Å². The van der Waals surface area contributed by atoms with Crippen molar-refractivity contribution >= 4 is 0 Å². The van der Waals surface area contributed by atoms with Gasteiger partial charge in [-0.1, -0.05) is 0 Å². The van der Waals surface area contributed by atoms with E-state index in [9.17, 15) is 25.5 Å². The standard InChI is InChI=1S/C12H22O9/c1-4-9(6(14)7(15)11(17)20-4)21-12-8(16)10(18-2)5(13)3-19-12/h4-17H,3H2,1-2H3/t4-,5-,6-,7+,8-,9-,10+,11+,12-/m0/s1. The predicted octanol–water partition coefficient (Wildman–Crippen LogP) is -3.08. The Labute approximate surface area is 121 Å². The van der Waals surface area contributed by atoms with Crippen molar-refractivity contribution < 1.29 is 44.5 Å². The van der Waals surface area contributed by atoms with Gasteiger partial charge in [0.2, 0.25) is 0 Å². The van der Waals surface area contributed by atoms with Crippen LogP contribution in [0.5, 0.6) is 0 Å². The molecule has 0 spiro atoms. The summed E-state index contributed by atoms with van der Waals surface area (Å²) in [4.78, 5) is 0. The molecule has 9 nitrogen and oxygen atoms in total. The summed E-state index contributed by atoms with van der Waals surface area (Å²) in [6, 6.07) is 0. The molecule has 0 unspecified atom stereocenters. The number of ether oxygens (including phenoxy) is 4. The minimum atomic E-state index is -1.53. The first-order valence-corrected chi connectivity index (χ1v) is 6.72. The topological polar surface area (TPSA) is 138 Å². The van der Waals surface area contributed by atoms with Crippen LogP contribution in [0.15, 0.2) is 0 Å². The van der Waals surface area contributed by atoms with E-state index in [1.54, 1.807) is 6.92 Å². The Bertz CT molecular complexity index is 341. The average Bonchev–Trinajstić information content (AvgIpc) is 2.44. The molecule has 21 heavy (non-hydrogen) atoms. The van der Waals surface area contributed by atoms with Crippen LogP contribution in [0.25, 0.3) is 0 Å². The molecule has 9 heteroatoms. The van der Waals surface area contributed by atoms with Crippen LogP contribution in [-0.2, 0) is 18.9 Å². The van der Waals surface area contributed by atoms with Crippen LogP contribution < -0.4 is 0 Å². The predicted molar refractivity (Wildman–Crippen MR) is 66.0 cm³/mol. The van der Waals surface area contributed by atoms with Gasteiger partial charge < -0.3 is 44.5 Å². The van der Waals surface area contributed by atoms with Crippen molar-refractivity contribution in [2.75, 3.05) is 13.7 Å². The summed E-state index contributed by atoms with van der Waals surface area (Å²) < 4.78 is 20.7. The number of hydrogen-bond donors (Lipinski definition) is 5. The van der Waals surface area contributed by atoms with Gasteiger partial charge in [-0.3, -0.25) is 0 Å². The first-order valence-electron chi connectivity index (χ1n) is 6.72. The number of aliphatic hydroxyl groups excluding tert-OH is 5. The molecule has 0 aromatic carbocycles. The zero-order valence-corrected chi connectivity index (χ0v) is 11.8. The molecule has 124 valence electrons. The van der Waals surface area contributed by atoms with Crippen molar-refractivity contribution in [3.8, 4) is 0 Å². The van der Waals surface area contributed by atoms with Crippen LogP contribution in [0.1, 0.15) is 6.92 Å². The summed E-state index contributed by atoms with van der Waals surface area (Å²) >= 11 is 0. The van der Waals surface area contributed by atoms with E-state index in [1.807, 2.05) is 0 Å². The highest BCUT2D eigenvalue weighted by atomic mass is 16.7. The Morgan fingerprint density at radius 2 is 1.62 bits per heavy atom. The van der Waals surface area contributed by atoms with Crippen molar-refractivity contribution in [2.24, 2.45) is 0 Å². The zero-order chi connectivity index (χ0) is 15.7. The molecular weight excluding hydrogens is 288 g/mol. The second-order valence-electron chi connectivity index (χ2n) is 5.27. The summed E-state index contributed by atoms with van der Waals surface area (Å²) in [6.07, 6.45) is -10.5. The molecule has 2 saturated heterocycles. The van der Waals surface area contributed by atoms with E-state index in [1.165, 1.54) is 7.11 Å². The molecule has 9 atom stereocenters. The Hall–Kier alpha value is -0.360. The summed E-state index contributed by atoms with van der Waals surface area (Å²) in [6.45, 7) is 1.43. The van der Waals surface area contributed by atoms with Gasteiger partial charge in [-0.2, -0.15) is 0 Å². The molecule has 0 aliphatic carbocycles. The average molecular weight is 310 g/mol. The van der Waals surface area contributed by atoms with Crippen molar-refractivity contribution in [3.05, 3.63) is 0 Å². The lowest BCUT2D eigenvalue weighted by atomic mass is 9.99. The Morgan fingerprint density at radius 3 is 2.24 bits per heavy atom. The Balaban J connectivity index is 2.03. The number of methoxy groups -OCH3 is 1. The van der Waals surface area contributed by atoms with Crippen molar-refractivity contribution in [1.29, 1.82) is 0 Å². The van der Waals surface area contributed by atoms with Crippen LogP contribution >= 0.6 is 0 Å². The highest BCUT2D eigenvalue weighted by molar-refractivity contribution is 4.90. The zero-order valence-electron chi connectivity index (χ0n) is 11.8. The molecule has 0 saturated carbocycles. The number of aliphatic hydroxyl groups is 5. The SMILES string of the molecule is CO[C@H]1[C@H](O)[C@H](O[C@@H]2[C@@H](O)[C@@H](O)[C@H](O)O[C@H]2C)OC[C@@H]1O. The molecule has 0 radical (unpaired) electrons. The van der Waals surface area contributed by atoms with Crippen LogP contribution in [0.4, 0.5) is 0 Å². The molecule has 0 aromatic heterocycles. The number of hydrogen-bond acceptors (Lipinski definition) is 9. The molecule has 2 aliphatic heterocycles. The van der Waals surface area contributed by atoms with Crippen LogP contribution in [0.2, 0.25) is 0 Å². The Morgan fingerprint density at radius 1 is 0.952 bits per heavy atom. The van der Waals surface area contributed by atoms with Crippen LogP contribution in [0, 0.1) is 0 Å². The maximum Gasteiger partial charge on any atom is 0.186 e. The van der Waals surface area contributed by atoms with Crippen molar-refractivity contribution in [3.63, 3.8) is 0 Å². The largest absolute Gasteiger partial charge is 0.388 e. The minimum Gasteiger partial charge on any atom is -0.388 e. The second-order valence-corrected chi connectivity index (χ2v) is 5.27. The Kier molecular flexibility index (Phi) is 5.52. The van der Waals surface area contributed by atoms with Gasteiger partial charge >= 0.3 is 0 Å². The van der Waals surface area contributed by atoms with Gasteiger partial charge in [-0.25, -0.2) is 0 Å². The van der Waals surface area contributed by atoms with Crippen molar-refractivity contribution in [2.45, 2.75) is 62.2 Å². The van der Waals surface area contributed by atoms with Gasteiger partial charge in [-0.05, 0) is 6.92 Å². The lowest BCUT2D eigenvalue weighted by Gasteiger charge is -2.43. The van der Waals surface area contributed by atoms with Crippen molar-refractivity contribution in [1.82, 2.24) is 0 Å². The highest BCUT2D eigenvalue weighted by Crippen LogP contribution is 2.27. The van der Waals surface area contributed by atoms with Crippen LogP contribution in [0.3, 0.4) is 0 Å². The maximum atomic E-state index is 10.1. The fourth-order valence-corrected chi connectivity index (χ4v) is 2.55. The third-order valence-corrected chi connectivity index (χ3v) is 3.78. The van der Waals surface area contributed by atoms with E-state index in [4.69, 9.17) is 18.9 Å². The van der Waals surface area contributed by atoms with Gasteiger partial charge in [0.25, 0.3) is 0 Å². The fraction of sp³-hybridized carbons (Fsp3) is 1.00.